The van der Waals surface area contributed by atoms with E-state index in [0.717, 1.165) is 12.8 Å². The van der Waals surface area contributed by atoms with Crippen LogP contribution in [-0.2, 0) is 0 Å². The Hall–Kier alpha value is -0.160. The summed E-state index contributed by atoms with van der Waals surface area (Å²) in [6, 6.07) is 0.311. The van der Waals surface area contributed by atoms with Crippen molar-refractivity contribution in [2.24, 2.45) is 0 Å². The fourth-order valence-corrected chi connectivity index (χ4v) is 1.49. The quantitative estimate of drug-likeness (QED) is 0.392. The number of nitrogens with one attached hydrogen (secondary N) is 1. The van der Waals surface area contributed by atoms with Crippen LogP contribution in [-0.4, -0.2) is 40.3 Å². The first-order valence-electron chi connectivity index (χ1n) is 3.95. The van der Waals surface area contributed by atoms with Gasteiger partial charge in [0.15, 0.2) is 6.29 Å². The third-order valence-electron chi connectivity index (χ3n) is 2.05. The molecule has 0 amide bonds. The molecule has 66 valence electrons. The van der Waals surface area contributed by atoms with Crippen molar-refractivity contribution in [2.75, 3.05) is 6.61 Å². The molecule has 0 aromatic rings. The first kappa shape index (κ1) is 8.93. The van der Waals surface area contributed by atoms with E-state index in [1.54, 1.807) is 0 Å². The molecule has 1 aliphatic heterocycles. The molecular weight excluding hydrogens is 146 g/mol. The van der Waals surface area contributed by atoms with Crippen LogP contribution in [0.3, 0.4) is 0 Å². The second-order valence-corrected chi connectivity index (χ2v) is 3.04. The lowest BCUT2D eigenvalue weighted by Gasteiger charge is -2.13. The number of aliphatic hydroxyl groups is 3. The van der Waals surface area contributed by atoms with E-state index in [2.05, 4.69) is 5.32 Å². The number of aliphatic hydroxyl groups excluding tert-OH is 2. The third kappa shape index (κ3) is 2.75. The second kappa shape index (κ2) is 4.01. The van der Waals surface area contributed by atoms with Gasteiger partial charge in [0.1, 0.15) is 0 Å². The van der Waals surface area contributed by atoms with Gasteiger partial charge < -0.3 is 20.6 Å². The first-order chi connectivity index (χ1) is 5.22. The average Bonchev–Trinajstić information content (AvgIpc) is 2.34. The lowest BCUT2D eigenvalue weighted by molar-refractivity contribution is -0.0507. The molecule has 0 radical (unpaired) electrons. The second-order valence-electron chi connectivity index (χ2n) is 3.04. The van der Waals surface area contributed by atoms with Crippen LogP contribution in [0.1, 0.15) is 19.3 Å². The zero-order valence-electron chi connectivity index (χ0n) is 6.40. The van der Waals surface area contributed by atoms with E-state index in [4.69, 9.17) is 15.3 Å². The Morgan fingerprint density at radius 2 is 1.91 bits per heavy atom. The Labute approximate surface area is 65.9 Å². The van der Waals surface area contributed by atoms with Crippen molar-refractivity contribution >= 4 is 0 Å². The highest BCUT2D eigenvalue weighted by Crippen LogP contribution is 2.15. The van der Waals surface area contributed by atoms with Gasteiger partial charge >= 0.3 is 0 Å². The number of hydrogen-bond acceptors (Lipinski definition) is 4. The van der Waals surface area contributed by atoms with Gasteiger partial charge in [0.2, 0.25) is 0 Å². The minimum atomic E-state index is -1.23. The monoisotopic (exact) mass is 161 g/mol. The molecule has 2 atom stereocenters. The smallest absolute Gasteiger partial charge is 0.152 e. The van der Waals surface area contributed by atoms with Gasteiger partial charge in [0, 0.05) is 18.5 Å². The van der Waals surface area contributed by atoms with Crippen molar-refractivity contribution in [3.05, 3.63) is 0 Å². The van der Waals surface area contributed by atoms with Gasteiger partial charge in [-0.2, -0.15) is 0 Å². The average molecular weight is 161 g/mol. The van der Waals surface area contributed by atoms with Crippen LogP contribution in [0.15, 0.2) is 0 Å². The highest BCUT2D eigenvalue weighted by Gasteiger charge is 2.23. The van der Waals surface area contributed by atoms with Crippen molar-refractivity contribution in [3.63, 3.8) is 0 Å². The predicted octanol–water partition coefficient (Wildman–Crippen LogP) is -1.20. The molecule has 2 unspecified atom stereocenters. The van der Waals surface area contributed by atoms with Crippen LogP contribution in [0.5, 0.6) is 0 Å². The number of rotatable bonds is 3. The molecule has 0 saturated carbocycles. The molecule has 1 heterocycles. The molecule has 0 spiro atoms. The van der Waals surface area contributed by atoms with Gasteiger partial charge in [-0.05, 0) is 12.8 Å². The lowest BCUT2D eigenvalue weighted by Crippen LogP contribution is -2.33. The Bertz CT molecular complexity index is 118. The van der Waals surface area contributed by atoms with E-state index in [1.807, 2.05) is 0 Å². The maximum Gasteiger partial charge on any atom is 0.152 e. The zero-order valence-corrected chi connectivity index (χ0v) is 6.40. The van der Waals surface area contributed by atoms with Crippen molar-refractivity contribution < 1.29 is 15.3 Å². The van der Waals surface area contributed by atoms with Gasteiger partial charge in [-0.25, -0.2) is 0 Å². The molecule has 11 heavy (non-hydrogen) atoms. The zero-order chi connectivity index (χ0) is 8.27. The molecule has 1 saturated heterocycles. The molecule has 1 aliphatic rings. The molecule has 0 aromatic carbocycles. The largest absolute Gasteiger partial charge is 0.395 e. The predicted molar refractivity (Wildman–Crippen MR) is 39.9 cm³/mol. The molecule has 4 N–H and O–H groups in total. The van der Waals surface area contributed by atoms with E-state index in [-0.39, 0.29) is 18.7 Å². The fourth-order valence-electron chi connectivity index (χ4n) is 1.49. The van der Waals surface area contributed by atoms with Gasteiger partial charge in [-0.1, -0.05) is 0 Å². The van der Waals surface area contributed by atoms with Crippen LogP contribution in [0.4, 0.5) is 0 Å². The molecule has 4 heteroatoms. The van der Waals surface area contributed by atoms with E-state index < -0.39 is 6.29 Å². The van der Waals surface area contributed by atoms with E-state index in [9.17, 15) is 0 Å². The maximum atomic E-state index is 8.73. The van der Waals surface area contributed by atoms with E-state index >= 15 is 0 Å². The maximum absolute atomic E-state index is 8.73. The van der Waals surface area contributed by atoms with Crippen molar-refractivity contribution in [3.8, 4) is 0 Å². The Morgan fingerprint density at radius 1 is 1.27 bits per heavy atom. The summed E-state index contributed by atoms with van der Waals surface area (Å²) in [5.74, 6) is 0. The SMILES string of the molecule is OCC1CCC(CC(O)O)N1. The summed E-state index contributed by atoms with van der Waals surface area (Å²) in [7, 11) is 0. The van der Waals surface area contributed by atoms with Crippen molar-refractivity contribution in [2.45, 2.75) is 37.6 Å². The Morgan fingerprint density at radius 3 is 2.36 bits per heavy atom. The molecule has 1 fully saturated rings. The highest BCUT2D eigenvalue weighted by molar-refractivity contribution is 4.82. The van der Waals surface area contributed by atoms with Crippen LogP contribution >= 0.6 is 0 Å². The lowest BCUT2D eigenvalue weighted by atomic mass is 10.1. The van der Waals surface area contributed by atoms with E-state index in [0.29, 0.717) is 6.42 Å². The summed E-state index contributed by atoms with van der Waals surface area (Å²) in [5.41, 5.74) is 0. The topological polar surface area (TPSA) is 72.7 Å². The summed E-state index contributed by atoms with van der Waals surface area (Å²) in [5, 5.41) is 29.1. The minimum absolute atomic E-state index is 0.137. The van der Waals surface area contributed by atoms with Gasteiger partial charge in [-0.3, -0.25) is 0 Å². The van der Waals surface area contributed by atoms with Gasteiger partial charge in [-0.15, -0.1) is 0 Å². The Balaban J connectivity index is 2.19. The normalized spacial score (nSPS) is 31.6. The van der Waals surface area contributed by atoms with Gasteiger partial charge in [0.25, 0.3) is 0 Å². The summed E-state index contributed by atoms with van der Waals surface area (Å²) in [6.45, 7) is 0.137. The highest BCUT2D eigenvalue weighted by atomic mass is 16.5. The molecule has 4 nitrogen and oxygen atoms in total. The minimum Gasteiger partial charge on any atom is -0.395 e. The molecular formula is C7H15NO3. The molecule has 0 aliphatic carbocycles. The van der Waals surface area contributed by atoms with Crippen LogP contribution in [0.2, 0.25) is 0 Å². The molecule has 1 rings (SSSR count). The summed E-state index contributed by atoms with van der Waals surface area (Å²) < 4.78 is 0. The summed E-state index contributed by atoms with van der Waals surface area (Å²) in [4.78, 5) is 0. The molecule has 0 aromatic heterocycles. The number of hydrogen-bond donors (Lipinski definition) is 4. The molecule has 0 bridgehead atoms. The fraction of sp³-hybridized carbons (Fsp3) is 1.00. The van der Waals surface area contributed by atoms with Crippen LogP contribution < -0.4 is 5.32 Å². The van der Waals surface area contributed by atoms with Crippen LogP contribution in [0.25, 0.3) is 0 Å². The first-order valence-corrected chi connectivity index (χ1v) is 3.95. The van der Waals surface area contributed by atoms with Crippen molar-refractivity contribution in [1.82, 2.24) is 5.32 Å². The van der Waals surface area contributed by atoms with Gasteiger partial charge in [0.05, 0.1) is 6.61 Å². The third-order valence-corrected chi connectivity index (χ3v) is 2.05. The van der Waals surface area contributed by atoms with Crippen LogP contribution in [0, 0.1) is 0 Å². The standard InChI is InChI=1S/C7H15NO3/c9-4-6-2-1-5(8-6)3-7(10)11/h5-11H,1-4H2. The summed E-state index contributed by atoms with van der Waals surface area (Å²) >= 11 is 0. The summed E-state index contributed by atoms with van der Waals surface area (Å²) in [6.07, 6.45) is 0.970. The van der Waals surface area contributed by atoms with E-state index in [1.165, 1.54) is 0 Å². The van der Waals surface area contributed by atoms with Crippen molar-refractivity contribution in [1.29, 1.82) is 0 Å². The Kier molecular flexibility index (Phi) is 3.26.